The average Bonchev–Trinajstić information content (AvgIpc) is 2.83. The van der Waals surface area contributed by atoms with Crippen molar-refractivity contribution < 1.29 is 4.52 Å². The van der Waals surface area contributed by atoms with Crippen molar-refractivity contribution in [1.82, 2.24) is 15.5 Å². The van der Waals surface area contributed by atoms with Crippen molar-refractivity contribution in [3.05, 3.63) is 48.1 Å². The highest BCUT2D eigenvalue weighted by molar-refractivity contribution is 5.14. The van der Waals surface area contributed by atoms with Gasteiger partial charge in [0.2, 0.25) is 6.39 Å². The Bertz CT molecular complexity index is 386. The van der Waals surface area contributed by atoms with Crippen LogP contribution in [0.25, 0.3) is 0 Å². The molecule has 0 aliphatic heterocycles. The molecule has 4 nitrogen and oxygen atoms in total. The summed E-state index contributed by atoms with van der Waals surface area (Å²) in [6, 6.07) is 10.4. The Balaban J connectivity index is 1.59. The molecule has 1 aromatic carbocycles. The number of hydrogen-bond donors (Lipinski definition) is 1. The van der Waals surface area contributed by atoms with E-state index in [1.165, 1.54) is 12.0 Å². The normalized spacial score (nSPS) is 10.5. The first-order valence-electron chi connectivity index (χ1n) is 5.45. The largest absolute Gasteiger partial charge is 0.343 e. The van der Waals surface area contributed by atoms with E-state index in [4.69, 9.17) is 0 Å². The molecule has 0 bridgehead atoms. The van der Waals surface area contributed by atoms with E-state index < -0.39 is 0 Å². The minimum atomic E-state index is 0.757. The van der Waals surface area contributed by atoms with Crippen LogP contribution in [-0.4, -0.2) is 23.2 Å². The number of aromatic nitrogens is 2. The van der Waals surface area contributed by atoms with Gasteiger partial charge in [-0.2, -0.15) is 4.98 Å². The van der Waals surface area contributed by atoms with Gasteiger partial charge in [0.1, 0.15) is 0 Å². The lowest BCUT2D eigenvalue weighted by Crippen LogP contribution is -2.20. The zero-order valence-corrected chi connectivity index (χ0v) is 9.10. The van der Waals surface area contributed by atoms with E-state index in [0.29, 0.717) is 0 Å². The summed E-state index contributed by atoms with van der Waals surface area (Å²) < 4.78 is 4.65. The molecule has 0 unspecified atom stereocenters. The maximum Gasteiger partial charge on any atom is 0.213 e. The fourth-order valence-corrected chi connectivity index (χ4v) is 1.51. The molecule has 0 aliphatic carbocycles. The zero-order chi connectivity index (χ0) is 11.1. The first kappa shape index (κ1) is 10.8. The molecule has 84 valence electrons. The Morgan fingerprint density at radius 3 is 2.62 bits per heavy atom. The maximum atomic E-state index is 4.65. The SMILES string of the molecule is c1ccc(CCNCCc2ncon2)cc1. The summed E-state index contributed by atoms with van der Waals surface area (Å²) in [7, 11) is 0. The summed E-state index contributed by atoms with van der Waals surface area (Å²) in [5.74, 6) is 0.757. The monoisotopic (exact) mass is 217 g/mol. The highest BCUT2D eigenvalue weighted by atomic mass is 16.5. The molecule has 1 heterocycles. The summed E-state index contributed by atoms with van der Waals surface area (Å²) in [6.07, 6.45) is 3.22. The Morgan fingerprint density at radius 1 is 1.06 bits per heavy atom. The molecular weight excluding hydrogens is 202 g/mol. The number of rotatable bonds is 6. The van der Waals surface area contributed by atoms with Crippen LogP contribution >= 0.6 is 0 Å². The molecule has 0 fully saturated rings. The van der Waals surface area contributed by atoms with Crippen molar-refractivity contribution in [3.63, 3.8) is 0 Å². The highest BCUT2D eigenvalue weighted by Crippen LogP contribution is 1.98. The zero-order valence-electron chi connectivity index (χ0n) is 9.10. The number of nitrogens with one attached hydrogen (secondary N) is 1. The second-order valence-corrected chi connectivity index (χ2v) is 3.58. The van der Waals surface area contributed by atoms with Crippen LogP contribution in [0.1, 0.15) is 11.4 Å². The van der Waals surface area contributed by atoms with Gasteiger partial charge in [-0.05, 0) is 18.5 Å². The first-order valence-corrected chi connectivity index (χ1v) is 5.45. The molecule has 1 N–H and O–H groups in total. The summed E-state index contributed by atoms with van der Waals surface area (Å²) in [5, 5.41) is 7.10. The van der Waals surface area contributed by atoms with Gasteiger partial charge in [0.15, 0.2) is 5.82 Å². The van der Waals surface area contributed by atoms with Crippen LogP contribution in [0, 0.1) is 0 Å². The third kappa shape index (κ3) is 3.47. The lowest BCUT2D eigenvalue weighted by atomic mass is 10.1. The Morgan fingerprint density at radius 2 is 1.88 bits per heavy atom. The molecule has 0 saturated heterocycles. The molecule has 2 rings (SSSR count). The Hall–Kier alpha value is -1.68. The molecule has 0 spiro atoms. The number of nitrogens with zero attached hydrogens (tertiary/aromatic N) is 2. The minimum Gasteiger partial charge on any atom is -0.343 e. The molecule has 0 aliphatic rings. The number of benzene rings is 1. The third-order valence-corrected chi connectivity index (χ3v) is 2.37. The Kier molecular flexibility index (Phi) is 4.08. The van der Waals surface area contributed by atoms with Gasteiger partial charge < -0.3 is 9.84 Å². The topological polar surface area (TPSA) is 51.0 Å². The van der Waals surface area contributed by atoms with Gasteiger partial charge in [-0.3, -0.25) is 0 Å². The van der Waals surface area contributed by atoms with Gasteiger partial charge in [0, 0.05) is 13.0 Å². The van der Waals surface area contributed by atoms with Gasteiger partial charge in [-0.25, -0.2) is 0 Å². The van der Waals surface area contributed by atoms with Gasteiger partial charge in [-0.15, -0.1) is 0 Å². The van der Waals surface area contributed by atoms with E-state index in [1.54, 1.807) is 0 Å². The standard InChI is InChI=1S/C12H15N3O/c1-2-4-11(5-3-1)6-8-13-9-7-12-14-10-16-15-12/h1-5,10,13H,6-9H2. The Labute approximate surface area is 94.7 Å². The highest BCUT2D eigenvalue weighted by Gasteiger charge is 1.97. The fourth-order valence-electron chi connectivity index (χ4n) is 1.51. The molecular formula is C12H15N3O. The molecule has 0 radical (unpaired) electrons. The minimum absolute atomic E-state index is 0.757. The van der Waals surface area contributed by atoms with Crippen LogP contribution in [0.15, 0.2) is 41.2 Å². The summed E-state index contributed by atoms with van der Waals surface area (Å²) in [5.41, 5.74) is 1.36. The van der Waals surface area contributed by atoms with Crippen LogP contribution in [0.3, 0.4) is 0 Å². The van der Waals surface area contributed by atoms with E-state index in [0.717, 1.165) is 31.8 Å². The number of hydrogen-bond acceptors (Lipinski definition) is 4. The van der Waals surface area contributed by atoms with Crippen molar-refractivity contribution in [2.24, 2.45) is 0 Å². The van der Waals surface area contributed by atoms with Crippen molar-refractivity contribution in [1.29, 1.82) is 0 Å². The third-order valence-electron chi connectivity index (χ3n) is 2.37. The van der Waals surface area contributed by atoms with Crippen LogP contribution < -0.4 is 5.32 Å². The smallest absolute Gasteiger partial charge is 0.213 e. The van der Waals surface area contributed by atoms with Crippen LogP contribution in [0.2, 0.25) is 0 Å². The molecule has 0 atom stereocenters. The van der Waals surface area contributed by atoms with Gasteiger partial charge in [-0.1, -0.05) is 35.5 Å². The first-order chi connectivity index (χ1) is 7.95. The van der Waals surface area contributed by atoms with Crippen LogP contribution in [-0.2, 0) is 12.8 Å². The molecule has 0 saturated carbocycles. The maximum absolute atomic E-state index is 4.65. The van der Waals surface area contributed by atoms with Crippen molar-refractivity contribution in [2.75, 3.05) is 13.1 Å². The van der Waals surface area contributed by atoms with E-state index in [-0.39, 0.29) is 0 Å². The second-order valence-electron chi connectivity index (χ2n) is 3.58. The lowest BCUT2D eigenvalue weighted by Gasteiger charge is -2.02. The van der Waals surface area contributed by atoms with Crippen molar-refractivity contribution in [3.8, 4) is 0 Å². The van der Waals surface area contributed by atoms with Gasteiger partial charge in [0.25, 0.3) is 0 Å². The van der Waals surface area contributed by atoms with Crippen molar-refractivity contribution >= 4 is 0 Å². The predicted octanol–water partition coefficient (Wildman–Crippen LogP) is 1.44. The molecule has 1 aromatic heterocycles. The van der Waals surface area contributed by atoms with Gasteiger partial charge >= 0.3 is 0 Å². The summed E-state index contributed by atoms with van der Waals surface area (Å²) >= 11 is 0. The molecule has 2 aromatic rings. The molecule has 0 amide bonds. The van der Waals surface area contributed by atoms with Crippen molar-refractivity contribution in [2.45, 2.75) is 12.8 Å². The quantitative estimate of drug-likeness (QED) is 0.744. The average molecular weight is 217 g/mol. The summed E-state index contributed by atoms with van der Waals surface area (Å²) in [4.78, 5) is 3.95. The van der Waals surface area contributed by atoms with E-state index in [2.05, 4.69) is 44.2 Å². The van der Waals surface area contributed by atoms with Crippen LogP contribution in [0.4, 0.5) is 0 Å². The fraction of sp³-hybridized carbons (Fsp3) is 0.333. The second kappa shape index (κ2) is 6.02. The molecule has 16 heavy (non-hydrogen) atoms. The van der Waals surface area contributed by atoms with Crippen LogP contribution in [0.5, 0.6) is 0 Å². The van der Waals surface area contributed by atoms with E-state index >= 15 is 0 Å². The summed E-state index contributed by atoms with van der Waals surface area (Å²) in [6.45, 7) is 1.86. The lowest BCUT2D eigenvalue weighted by molar-refractivity contribution is 0.409. The van der Waals surface area contributed by atoms with E-state index in [9.17, 15) is 0 Å². The predicted molar refractivity (Wildman–Crippen MR) is 61.0 cm³/mol. The van der Waals surface area contributed by atoms with Gasteiger partial charge in [0.05, 0.1) is 0 Å². The molecule has 4 heteroatoms. The van der Waals surface area contributed by atoms with E-state index in [1.807, 2.05) is 6.07 Å².